The maximum atomic E-state index is 12.3. The predicted octanol–water partition coefficient (Wildman–Crippen LogP) is 1.59. The summed E-state index contributed by atoms with van der Waals surface area (Å²) in [6.45, 7) is 0.853. The van der Waals surface area contributed by atoms with Gasteiger partial charge in [0.05, 0.1) is 4.90 Å². The first-order chi connectivity index (χ1) is 8.18. The second-order valence-electron chi connectivity index (χ2n) is 4.57. The van der Waals surface area contributed by atoms with Gasteiger partial charge in [0.25, 0.3) is 0 Å². The molecular weight excluding hydrogens is 238 g/mol. The second-order valence-corrected chi connectivity index (χ2v) is 6.65. The molecule has 0 bridgehead atoms. The molecule has 0 N–H and O–H groups in total. The molecule has 0 radical (unpaired) electrons. The van der Waals surface area contributed by atoms with Crippen LogP contribution < -0.4 is 0 Å². The van der Waals surface area contributed by atoms with Gasteiger partial charge < -0.3 is 0 Å². The Kier molecular flexibility index (Phi) is 2.69. The molecular formula is C12H15NO3S. The molecule has 0 saturated carbocycles. The molecule has 3 rings (SSSR count). The lowest BCUT2D eigenvalue weighted by molar-refractivity contribution is -0.125. The van der Waals surface area contributed by atoms with Gasteiger partial charge in [-0.25, -0.2) is 8.42 Å². The van der Waals surface area contributed by atoms with Gasteiger partial charge in [-0.1, -0.05) is 18.2 Å². The summed E-state index contributed by atoms with van der Waals surface area (Å²) < 4.78 is 24.6. The van der Waals surface area contributed by atoms with E-state index in [4.69, 9.17) is 4.84 Å². The standard InChI is InChI=1S/C12H15NO3S/c14-17(15,11-6-2-1-3-7-11)12-9-10-5-4-8-13(10)16-12/h1-3,6-7,10,12H,4-5,8-9H2/t10-,12-/m1/s1. The molecule has 0 aliphatic carbocycles. The largest absolute Gasteiger partial charge is 0.279 e. The topological polar surface area (TPSA) is 46.6 Å². The summed E-state index contributed by atoms with van der Waals surface area (Å²) >= 11 is 0. The number of hydrogen-bond donors (Lipinski definition) is 0. The molecule has 2 heterocycles. The van der Waals surface area contributed by atoms with E-state index in [-0.39, 0.29) is 0 Å². The van der Waals surface area contributed by atoms with Crippen molar-refractivity contribution in [2.75, 3.05) is 6.54 Å². The fourth-order valence-electron chi connectivity index (χ4n) is 2.54. The van der Waals surface area contributed by atoms with Gasteiger partial charge in [-0.3, -0.25) is 4.84 Å². The van der Waals surface area contributed by atoms with E-state index < -0.39 is 15.3 Å². The van der Waals surface area contributed by atoms with Crippen molar-refractivity contribution >= 4 is 9.84 Å². The van der Waals surface area contributed by atoms with Gasteiger partial charge in [0.2, 0.25) is 9.84 Å². The number of fused-ring (bicyclic) bond motifs is 1. The van der Waals surface area contributed by atoms with Gasteiger partial charge in [-0.2, -0.15) is 5.06 Å². The van der Waals surface area contributed by atoms with Crippen molar-refractivity contribution < 1.29 is 13.3 Å². The van der Waals surface area contributed by atoms with E-state index >= 15 is 0 Å². The summed E-state index contributed by atoms with van der Waals surface area (Å²) in [5, 5.41) is 1.84. The zero-order valence-corrected chi connectivity index (χ0v) is 10.3. The van der Waals surface area contributed by atoms with Gasteiger partial charge in [0, 0.05) is 19.0 Å². The number of sulfone groups is 1. The maximum Gasteiger partial charge on any atom is 0.207 e. The van der Waals surface area contributed by atoms with E-state index in [0.717, 1.165) is 19.4 Å². The first-order valence-corrected chi connectivity index (χ1v) is 7.45. The first-order valence-electron chi connectivity index (χ1n) is 5.90. The number of benzene rings is 1. The third-order valence-corrected chi connectivity index (χ3v) is 5.36. The average molecular weight is 253 g/mol. The zero-order chi connectivity index (χ0) is 11.9. The summed E-state index contributed by atoms with van der Waals surface area (Å²) in [7, 11) is -3.34. The van der Waals surface area contributed by atoms with Crippen LogP contribution in [-0.4, -0.2) is 31.5 Å². The number of rotatable bonds is 2. The number of hydrogen-bond acceptors (Lipinski definition) is 4. The highest BCUT2D eigenvalue weighted by atomic mass is 32.2. The smallest absolute Gasteiger partial charge is 0.207 e. The molecule has 0 aromatic heterocycles. The Morgan fingerprint density at radius 1 is 1.24 bits per heavy atom. The lowest BCUT2D eigenvalue weighted by atomic mass is 10.2. The fraction of sp³-hybridized carbons (Fsp3) is 0.500. The summed E-state index contributed by atoms with van der Waals surface area (Å²) in [6, 6.07) is 8.83. The zero-order valence-electron chi connectivity index (χ0n) is 9.45. The van der Waals surface area contributed by atoms with E-state index in [1.807, 2.05) is 11.1 Å². The van der Waals surface area contributed by atoms with Crippen molar-refractivity contribution in [3.8, 4) is 0 Å². The molecule has 2 saturated heterocycles. The van der Waals surface area contributed by atoms with Crippen LogP contribution in [0.25, 0.3) is 0 Å². The minimum atomic E-state index is -3.34. The van der Waals surface area contributed by atoms with Crippen LogP contribution >= 0.6 is 0 Å². The normalized spacial score (nSPS) is 29.4. The Balaban J connectivity index is 1.86. The molecule has 2 fully saturated rings. The number of nitrogens with zero attached hydrogens (tertiary/aromatic N) is 1. The Hall–Kier alpha value is -0.910. The van der Waals surface area contributed by atoms with Crippen LogP contribution in [0.15, 0.2) is 35.2 Å². The Morgan fingerprint density at radius 3 is 2.71 bits per heavy atom. The molecule has 0 spiro atoms. The monoisotopic (exact) mass is 253 g/mol. The van der Waals surface area contributed by atoms with Gasteiger partial charge >= 0.3 is 0 Å². The van der Waals surface area contributed by atoms with Crippen LogP contribution in [0, 0.1) is 0 Å². The molecule has 4 nitrogen and oxygen atoms in total. The van der Waals surface area contributed by atoms with Crippen molar-refractivity contribution in [3.63, 3.8) is 0 Å². The van der Waals surface area contributed by atoms with E-state index in [0.29, 0.717) is 17.4 Å². The van der Waals surface area contributed by atoms with Crippen LogP contribution in [-0.2, 0) is 14.7 Å². The Bertz CT molecular complexity index is 488. The Labute approximate surface area is 101 Å². The highest BCUT2D eigenvalue weighted by molar-refractivity contribution is 7.92. The van der Waals surface area contributed by atoms with E-state index in [9.17, 15) is 8.42 Å². The molecule has 0 unspecified atom stereocenters. The maximum absolute atomic E-state index is 12.3. The molecule has 2 atom stereocenters. The molecule has 5 heteroatoms. The predicted molar refractivity (Wildman–Crippen MR) is 62.8 cm³/mol. The second kappa shape index (κ2) is 4.08. The van der Waals surface area contributed by atoms with Crippen LogP contribution in [0.1, 0.15) is 19.3 Å². The third kappa shape index (κ3) is 1.88. The SMILES string of the molecule is O=S(=O)(c1ccccc1)[C@@H]1C[C@H]2CCCN2O1. The average Bonchev–Trinajstić information content (AvgIpc) is 2.90. The van der Waals surface area contributed by atoms with Gasteiger partial charge in [-0.15, -0.1) is 0 Å². The lowest BCUT2D eigenvalue weighted by Crippen LogP contribution is -2.24. The lowest BCUT2D eigenvalue weighted by Gasteiger charge is -2.14. The van der Waals surface area contributed by atoms with Gasteiger partial charge in [0.1, 0.15) is 0 Å². The van der Waals surface area contributed by atoms with E-state index in [1.165, 1.54) is 0 Å². The van der Waals surface area contributed by atoms with Crippen molar-refractivity contribution in [1.82, 2.24) is 5.06 Å². The van der Waals surface area contributed by atoms with Crippen molar-refractivity contribution in [1.29, 1.82) is 0 Å². The van der Waals surface area contributed by atoms with Crippen LogP contribution in [0.2, 0.25) is 0 Å². The quantitative estimate of drug-likeness (QED) is 0.803. The van der Waals surface area contributed by atoms with E-state index in [2.05, 4.69) is 0 Å². The molecule has 2 aliphatic heterocycles. The fourth-order valence-corrected chi connectivity index (χ4v) is 4.08. The van der Waals surface area contributed by atoms with Crippen molar-refractivity contribution in [2.24, 2.45) is 0 Å². The van der Waals surface area contributed by atoms with Crippen LogP contribution in [0.3, 0.4) is 0 Å². The van der Waals surface area contributed by atoms with Gasteiger partial charge in [0.15, 0.2) is 5.44 Å². The van der Waals surface area contributed by atoms with E-state index in [1.54, 1.807) is 24.3 Å². The summed E-state index contributed by atoms with van der Waals surface area (Å²) in [6.07, 6.45) is 2.74. The highest BCUT2D eigenvalue weighted by Crippen LogP contribution is 2.34. The molecule has 1 aromatic rings. The minimum Gasteiger partial charge on any atom is -0.279 e. The van der Waals surface area contributed by atoms with Crippen LogP contribution in [0.5, 0.6) is 0 Å². The highest BCUT2D eigenvalue weighted by Gasteiger charge is 2.43. The molecule has 17 heavy (non-hydrogen) atoms. The summed E-state index contributed by atoms with van der Waals surface area (Å²) in [4.78, 5) is 5.90. The summed E-state index contributed by atoms with van der Waals surface area (Å²) in [5.41, 5.74) is -0.699. The third-order valence-electron chi connectivity index (χ3n) is 3.46. The first kappa shape index (κ1) is 11.2. The molecule has 0 amide bonds. The Morgan fingerprint density at radius 2 is 2.00 bits per heavy atom. The molecule has 92 valence electrons. The minimum absolute atomic E-state index is 0.290. The van der Waals surface area contributed by atoms with Crippen molar-refractivity contribution in [2.45, 2.75) is 35.6 Å². The van der Waals surface area contributed by atoms with Crippen molar-refractivity contribution in [3.05, 3.63) is 30.3 Å². The molecule has 2 aliphatic rings. The van der Waals surface area contributed by atoms with Crippen LogP contribution in [0.4, 0.5) is 0 Å². The summed E-state index contributed by atoms with van der Waals surface area (Å²) in [5.74, 6) is 0. The van der Waals surface area contributed by atoms with Gasteiger partial charge in [-0.05, 0) is 25.0 Å². The molecule has 1 aromatic carbocycles. The number of hydroxylamine groups is 2.